The zero-order valence-electron chi connectivity index (χ0n) is 9.70. The zero-order valence-corrected chi connectivity index (χ0v) is 9.70. The number of benzene rings is 1. The highest BCUT2D eigenvalue weighted by Crippen LogP contribution is 2.40. The third-order valence-corrected chi connectivity index (χ3v) is 2.89. The summed E-state index contributed by atoms with van der Waals surface area (Å²) in [5.41, 5.74) is 0.903. The lowest BCUT2D eigenvalue weighted by molar-refractivity contribution is 0.228. The number of ether oxygens (including phenoxy) is 1. The van der Waals surface area contributed by atoms with Gasteiger partial charge in [0.1, 0.15) is 0 Å². The van der Waals surface area contributed by atoms with Gasteiger partial charge in [0.25, 0.3) is 0 Å². The topological polar surface area (TPSA) is 41.5 Å². The van der Waals surface area contributed by atoms with Crippen molar-refractivity contribution in [3.8, 4) is 11.5 Å². The Morgan fingerprint density at radius 3 is 2.94 bits per heavy atom. The number of hydrogen-bond acceptors (Lipinski definition) is 3. The Labute approximate surface area is 96.4 Å². The predicted octanol–water partition coefficient (Wildman–Crippen LogP) is 3.49. The van der Waals surface area contributed by atoms with Crippen molar-refractivity contribution in [2.24, 2.45) is 0 Å². The van der Waals surface area contributed by atoms with E-state index in [0.717, 1.165) is 12.1 Å². The van der Waals surface area contributed by atoms with Crippen molar-refractivity contribution in [3.05, 3.63) is 18.2 Å². The quantitative estimate of drug-likeness (QED) is 0.748. The molecule has 1 heterocycles. The van der Waals surface area contributed by atoms with Crippen LogP contribution in [0, 0.1) is 0 Å². The molecule has 0 fully saturated rings. The number of unbranched alkanes of at least 4 members (excludes halogenated alkanes) is 3. The van der Waals surface area contributed by atoms with E-state index in [9.17, 15) is 5.11 Å². The lowest BCUT2D eigenvalue weighted by Crippen LogP contribution is -2.19. The Balaban J connectivity index is 1.84. The van der Waals surface area contributed by atoms with Crippen LogP contribution < -0.4 is 10.1 Å². The average Bonchev–Trinajstić information content (AvgIpc) is 2.69. The number of phenols is 1. The molecule has 0 spiro atoms. The molecule has 0 saturated carbocycles. The molecule has 0 aliphatic carbocycles. The minimum atomic E-state index is 0.0279. The maximum Gasteiger partial charge on any atom is 0.187 e. The number of para-hydroxylation sites is 1. The number of hydrogen-bond donors (Lipinski definition) is 2. The van der Waals surface area contributed by atoms with Gasteiger partial charge in [-0.25, -0.2) is 0 Å². The third-order valence-electron chi connectivity index (χ3n) is 2.89. The van der Waals surface area contributed by atoms with Crippen LogP contribution in [-0.2, 0) is 0 Å². The largest absolute Gasteiger partial charge is 0.504 e. The summed E-state index contributed by atoms with van der Waals surface area (Å²) in [5, 5.41) is 12.9. The van der Waals surface area contributed by atoms with Gasteiger partial charge >= 0.3 is 0 Å². The molecule has 1 aliphatic rings. The van der Waals surface area contributed by atoms with Crippen molar-refractivity contribution < 1.29 is 9.84 Å². The Morgan fingerprint density at radius 1 is 1.31 bits per heavy atom. The van der Waals surface area contributed by atoms with E-state index in [1.54, 1.807) is 6.07 Å². The lowest BCUT2D eigenvalue weighted by Gasteiger charge is -2.10. The molecule has 0 saturated heterocycles. The fraction of sp³-hybridized carbons (Fsp3) is 0.538. The van der Waals surface area contributed by atoms with Gasteiger partial charge in [0.05, 0.1) is 5.69 Å². The second kappa shape index (κ2) is 5.10. The highest BCUT2D eigenvalue weighted by atomic mass is 16.5. The summed E-state index contributed by atoms with van der Waals surface area (Å²) in [6, 6.07) is 5.41. The molecular formula is C13H19NO2. The van der Waals surface area contributed by atoms with Crippen molar-refractivity contribution in [2.75, 3.05) is 5.32 Å². The number of anilines is 1. The van der Waals surface area contributed by atoms with Crippen LogP contribution in [0.1, 0.15) is 39.0 Å². The van der Waals surface area contributed by atoms with Crippen LogP contribution in [0.15, 0.2) is 18.2 Å². The molecule has 0 radical (unpaired) electrons. The first kappa shape index (κ1) is 11.1. The second-order valence-electron chi connectivity index (χ2n) is 4.25. The van der Waals surface area contributed by atoms with E-state index < -0.39 is 0 Å². The van der Waals surface area contributed by atoms with Crippen LogP contribution in [0.25, 0.3) is 0 Å². The van der Waals surface area contributed by atoms with Crippen molar-refractivity contribution in [1.82, 2.24) is 0 Å². The summed E-state index contributed by atoms with van der Waals surface area (Å²) in [7, 11) is 0. The highest BCUT2D eigenvalue weighted by molar-refractivity contribution is 5.65. The van der Waals surface area contributed by atoms with Gasteiger partial charge < -0.3 is 15.2 Å². The van der Waals surface area contributed by atoms with E-state index in [1.807, 2.05) is 12.1 Å². The molecule has 2 N–H and O–H groups in total. The predicted molar refractivity (Wildman–Crippen MR) is 64.9 cm³/mol. The molecule has 1 unspecified atom stereocenters. The van der Waals surface area contributed by atoms with Gasteiger partial charge in [-0.2, -0.15) is 0 Å². The number of nitrogens with one attached hydrogen (secondary N) is 1. The van der Waals surface area contributed by atoms with Crippen molar-refractivity contribution in [2.45, 2.75) is 45.3 Å². The zero-order chi connectivity index (χ0) is 11.4. The monoisotopic (exact) mass is 221 g/mol. The van der Waals surface area contributed by atoms with E-state index in [0.29, 0.717) is 5.75 Å². The molecule has 1 atom stereocenters. The smallest absolute Gasteiger partial charge is 0.187 e. The molecular weight excluding hydrogens is 202 g/mol. The van der Waals surface area contributed by atoms with Crippen molar-refractivity contribution >= 4 is 5.69 Å². The molecule has 3 heteroatoms. The van der Waals surface area contributed by atoms with Gasteiger partial charge in [-0.1, -0.05) is 32.3 Å². The molecule has 1 aromatic carbocycles. The maximum atomic E-state index is 9.59. The maximum absolute atomic E-state index is 9.59. The summed E-state index contributed by atoms with van der Waals surface area (Å²) in [4.78, 5) is 0. The van der Waals surface area contributed by atoms with Crippen LogP contribution in [0.4, 0.5) is 5.69 Å². The summed E-state index contributed by atoms with van der Waals surface area (Å²) in [5.74, 6) is 0.823. The number of fused-ring (bicyclic) bond motifs is 1. The first-order valence-electron chi connectivity index (χ1n) is 6.06. The Bertz CT molecular complexity index is 352. The summed E-state index contributed by atoms with van der Waals surface area (Å²) in [6.07, 6.45) is 5.97. The summed E-state index contributed by atoms with van der Waals surface area (Å²) >= 11 is 0. The Morgan fingerprint density at radius 2 is 2.19 bits per heavy atom. The molecule has 0 amide bonds. The highest BCUT2D eigenvalue weighted by Gasteiger charge is 2.23. The standard InChI is InChI=1S/C13H19NO2/c1-2-3-4-5-9-12-14-10-7-6-8-11(15)13(10)16-12/h6-8,12,14-15H,2-5,9H2,1H3. The SMILES string of the molecule is CCCCCCC1Nc2cccc(O)c2O1. The first-order valence-corrected chi connectivity index (χ1v) is 6.06. The molecule has 3 nitrogen and oxygen atoms in total. The molecule has 0 aromatic heterocycles. The second-order valence-corrected chi connectivity index (χ2v) is 4.25. The first-order chi connectivity index (χ1) is 7.81. The van der Waals surface area contributed by atoms with Gasteiger partial charge in [0.2, 0.25) is 0 Å². The molecule has 1 aliphatic heterocycles. The molecule has 1 aromatic rings. The summed E-state index contributed by atoms with van der Waals surface area (Å²) < 4.78 is 5.66. The minimum absolute atomic E-state index is 0.0279. The van der Waals surface area contributed by atoms with Crippen LogP contribution in [0.2, 0.25) is 0 Å². The van der Waals surface area contributed by atoms with Crippen LogP contribution >= 0.6 is 0 Å². The molecule has 2 rings (SSSR count). The third kappa shape index (κ3) is 2.40. The van der Waals surface area contributed by atoms with E-state index in [4.69, 9.17) is 4.74 Å². The number of phenolic OH excluding ortho intramolecular Hbond substituents is 1. The van der Waals surface area contributed by atoms with Gasteiger partial charge in [-0.05, 0) is 18.6 Å². The Hall–Kier alpha value is -1.38. The van der Waals surface area contributed by atoms with Crippen LogP contribution in [-0.4, -0.2) is 11.3 Å². The lowest BCUT2D eigenvalue weighted by atomic mass is 10.1. The van der Waals surface area contributed by atoms with Crippen LogP contribution in [0.5, 0.6) is 11.5 Å². The minimum Gasteiger partial charge on any atom is -0.504 e. The normalized spacial score (nSPS) is 17.7. The van der Waals surface area contributed by atoms with E-state index in [2.05, 4.69) is 12.2 Å². The number of rotatable bonds is 5. The Kier molecular flexibility index (Phi) is 3.54. The summed E-state index contributed by atoms with van der Waals surface area (Å²) in [6.45, 7) is 2.21. The number of aromatic hydroxyl groups is 1. The van der Waals surface area contributed by atoms with Crippen molar-refractivity contribution in [3.63, 3.8) is 0 Å². The van der Waals surface area contributed by atoms with Gasteiger partial charge in [-0.3, -0.25) is 0 Å². The van der Waals surface area contributed by atoms with E-state index in [1.165, 1.54) is 25.7 Å². The van der Waals surface area contributed by atoms with Gasteiger partial charge in [-0.15, -0.1) is 0 Å². The molecule has 16 heavy (non-hydrogen) atoms. The van der Waals surface area contributed by atoms with E-state index in [-0.39, 0.29) is 12.0 Å². The van der Waals surface area contributed by atoms with Gasteiger partial charge in [0.15, 0.2) is 17.7 Å². The molecule has 0 bridgehead atoms. The van der Waals surface area contributed by atoms with E-state index >= 15 is 0 Å². The van der Waals surface area contributed by atoms with Gasteiger partial charge in [0, 0.05) is 6.42 Å². The molecule has 88 valence electrons. The fourth-order valence-corrected chi connectivity index (χ4v) is 2.00. The average molecular weight is 221 g/mol. The fourth-order valence-electron chi connectivity index (χ4n) is 2.00. The van der Waals surface area contributed by atoms with Crippen molar-refractivity contribution in [1.29, 1.82) is 0 Å². The van der Waals surface area contributed by atoms with Crippen LogP contribution in [0.3, 0.4) is 0 Å².